The summed E-state index contributed by atoms with van der Waals surface area (Å²) in [4.78, 5) is 2.03. The highest BCUT2D eigenvalue weighted by Crippen LogP contribution is 2.33. The lowest BCUT2D eigenvalue weighted by Gasteiger charge is -2.04. The van der Waals surface area contributed by atoms with Gasteiger partial charge in [0.2, 0.25) is 0 Å². The van der Waals surface area contributed by atoms with Gasteiger partial charge in [-0.3, -0.25) is 0 Å². The molecule has 1 atom stereocenters. The van der Waals surface area contributed by atoms with Gasteiger partial charge in [-0.1, -0.05) is 22.9 Å². The van der Waals surface area contributed by atoms with Gasteiger partial charge < -0.3 is 5.73 Å². The Kier molecular flexibility index (Phi) is 3.97. The van der Waals surface area contributed by atoms with Gasteiger partial charge in [0.15, 0.2) is 0 Å². The predicted molar refractivity (Wildman–Crippen MR) is 74.6 cm³/mol. The molecule has 0 spiro atoms. The van der Waals surface area contributed by atoms with Crippen molar-refractivity contribution >= 4 is 27.3 Å². The van der Waals surface area contributed by atoms with Crippen LogP contribution in [0.1, 0.15) is 24.3 Å². The SMILES string of the molecule is CCC(N)c1ccc(-c2ccc(Br)cc2F)s1. The van der Waals surface area contributed by atoms with Gasteiger partial charge in [-0.25, -0.2) is 4.39 Å². The fourth-order valence-electron chi connectivity index (χ4n) is 1.59. The topological polar surface area (TPSA) is 26.0 Å². The first-order valence-electron chi connectivity index (χ1n) is 5.42. The molecule has 0 amide bonds. The minimum absolute atomic E-state index is 0.0484. The molecule has 0 radical (unpaired) electrons. The monoisotopic (exact) mass is 313 g/mol. The molecule has 17 heavy (non-hydrogen) atoms. The molecule has 0 fully saturated rings. The van der Waals surface area contributed by atoms with Crippen LogP contribution in [-0.4, -0.2) is 0 Å². The van der Waals surface area contributed by atoms with Crippen LogP contribution in [0, 0.1) is 5.82 Å². The molecule has 2 aromatic rings. The van der Waals surface area contributed by atoms with Crippen LogP contribution in [0.15, 0.2) is 34.8 Å². The summed E-state index contributed by atoms with van der Waals surface area (Å²) in [7, 11) is 0. The Hall–Kier alpha value is -0.710. The molecule has 0 aliphatic rings. The van der Waals surface area contributed by atoms with Crippen LogP contribution < -0.4 is 5.73 Å². The van der Waals surface area contributed by atoms with E-state index in [-0.39, 0.29) is 11.9 Å². The third-order valence-corrected chi connectivity index (χ3v) is 4.37. The maximum Gasteiger partial charge on any atom is 0.132 e. The minimum atomic E-state index is -0.210. The molecule has 4 heteroatoms. The number of rotatable bonds is 3. The second-order valence-corrected chi connectivity index (χ2v) is 5.87. The quantitative estimate of drug-likeness (QED) is 0.871. The second kappa shape index (κ2) is 5.29. The zero-order valence-electron chi connectivity index (χ0n) is 9.41. The van der Waals surface area contributed by atoms with Gasteiger partial charge in [-0.15, -0.1) is 11.3 Å². The number of benzene rings is 1. The van der Waals surface area contributed by atoms with Gasteiger partial charge >= 0.3 is 0 Å². The van der Waals surface area contributed by atoms with E-state index < -0.39 is 0 Å². The van der Waals surface area contributed by atoms with E-state index in [0.29, 0.717) is 5.56 Å². The van der Waals surface area contributed by atoms with E-state index in [1.807, 2.05) is 25.1 Å². The summed E-state index contributed by atoms with van der Waals surface area (Å²) >= 11 is 4.81. The van der Waals surface area contributed by atoms with Crippen LogP contribution >= 0.6 is 27.3 Å². The van der Waals surface area contributed by atoms with Gasteiger partial charge in [-0.2, -0.15) is 0 Å². The van der Waals surface area contributed by atoms with Gasteiger partial charge in [0.05, 0.1) is 0 Å². The summed E-state index contributed by atoms with van der Waals surface area (Å²) in [5, 5.41) is 0. The lowest BCUT2D eigenvalue weighted by molar-refractivity contribution is 0.631. The second-order valence-electron chi connectivity index (χ2n) is 3.84. The van der Waals surface area contributed by atoms with E-state index in [1.54, 1.807) is 17.4 Å². The average molecular weight is 314 g/mol. The normalized spacial score (nSPS) is 12.7. The first kappa shape index (κ1) is 12.7. The summed E-state index contributed by atoms with van der Waals surface area (Å²) in [6, 6.07) is 9.07. The Labute approximate surface area is 113 Å². The zero-order chi connectivity index (χ0) is 12.4. The molecule has 0 bridgehead atoms. The minimum Gasteiger partial charge on any atom is -0.323 e. The highest BCUT2D eigenvalue weighted by molar-refractivity contribution is 9.10. The Morgan fingerprint density at radius 1 is 1.35 bits per heavy atom. The maximum atomic E-state index is 13.8. The number of hydrogen-bond acceptors (Lipinski definition) is 2. The summed E-state index contributed by atoms with van der Waals surface area (Å²) in [5.41, 5.74) is 6.59. The predicted octanol–water partition coefficient (Wildman–Crippen LogP) is 4.73. The lowest BCUT2D eigenvalue weighted by atomic mass is 10.1. The van der Waals surface area contributed by atoms with Crippen molar-refractivity contribution in [3.05, 3.63) is 45.5 Å². The molecule has 0 aliphatic heterocycles. The van der Waals surface area contributed by atoms with Gasteiger partial charge in [0.25, 0.3) is 0 Å². The molecular weight excluding hydrogens is 301 g/mol. The van der Waals surface area contributed by atoms with E-state index in [9.17, 15) is 4.39 Å². The lowest BCUT2D eigenvalue weighted by Crippen LogP contribution is -2.05. The van der Waals surface area contributed by atoms with Crippen molar-refractivity contribution in [2.45, 2.75) is 19.4 Å². The van der Waals surface area contributed by atoms with Crippen LogP contribution in [0.25, 0.3) is 10.4 Å². The van der Waals surface area contributed by atoms with Crippen molar-refractivity contribution < 1.29 is 4.39 Å². The summed E-state index contributed by atoms with van der Waals surface area (Å²) < 4.78 is 14.5. The fourth-order valence-corrected chi connectivity index (χ4v) is 3.04. The summed E-state index contributed by atoms with van der Waals surface area (Å²) in [5.74, 6) is -0.210. The Balaban J connectivity index is 2.37. The standard InChI is InChI=1S/C13H13BrFNS/c1-2-11(16)13-6-5-12(17-13)9-4-3-8(14)7-10(9)15/h3-7,11H,2,16H2,1H3. The van der Waals surface area contributed by atoms with Crippen LogP contribution in [0.4, 0.5) is 4.39 Å². The molecule has 2 N–H and O–H groups in total. The molecule has 1 aromatic heterocycles. The Morgan fingerprint density at radius 2 is 2.12 bits per heavy atom. The van der Waals surface area contributed by atoms with Crippen LogP contribution in [0.2, 0.25) is 0 Å². The number of thiophene rings is 1. The molecule has 1 nitrogen and oxygen atoms in total. The molecule has 1 aromatic carbocycles. The fraction of sp³-hybridized carbons (Fsp3) is 0.231. The molecule has 0 aliphatic carbocycles. The Morgan fingerprint density at radius 3 is 2.76 bits per heavy atom. The van der Waals surface area contributed by atoms with Crippen LogP contribution in [0.3, 0.4) is 0 Å². The molecule has 1 heterocycles. The molecule has 90 valence electrons. The number of nitrogens with two attached hydrogens (primary N) is 1. The largest absolute Gasteiger partial charge is 0.323 e. The first-order chi connectivity index (χ1) is 8.11. The highest BCUT2D eigenvalue weighted by Gasteiger charge is 2.11. The van der Waals surface area contributed by atoms with Crippen molar-refractivity contribution in [2.24, 2.45) is 5.73 Å². The van der Waals surface area contributed by atoms with Crippen molar-refractivity contribution in [3.8, 4) is 10.4 Å². The van der Waals surface area contributed by atoms with Gasteiger partial charge in [-0.05, 0) is 36.8 Å². The van der Waals surface area contributed by atoms with Gasteiger partial charge in [0.1, 0.15) is 5.82 Å². The molecule has 2 rings (SSSR count). The summed E-state index contributed by atoms with van der Waals surface area (Å²) in [6.07, 6.45) is 0.892. The number of halogens is 2. The number of hydrogen-bond donors (Lipinski definition) is 1. The van der Waals surface area contributed by atoms with E-state index >= 15 is 0 Å². The highest BCUT2D eigenvalue weighted by atomic mass is 79.9. The first-order valence-corrected chi connectivity index (χ1v) is 7.03. The maximum absolute atomic E-state index is 13.8. The van der Waals surface area contributed by atoms with Crippen molar-refractivity contribution in [2.75, 3.05) is 0 Å². The Bertz CT molecular complexity index is 524. The van der Waals surface area contributed by atoms with Crippen molar-refractivity contribution in [1.29, 1.82) is 0 Å². The van der Waals surface area contributed by atoms with E-state index in [0.717, 1.165) is 20.6 Å². The van der Waals surface area contributed by atoms with Crippen molar-refractivity contribution in [3.63, 3.8) is 0 Å². The molecule has 0 saturated carbocycles. The third kappa shape index (κ3) is 2.76. The van der Waals surface area contributed by atoms with Crippen LogP contribution in [0.5, 0.6) is 0 Å². The van der Waals surface area contributed by atoms with E-state index in [2.05, 4.69) is 15.9 Å². The smallest absolute Gasteiger partial charge is 0.132 e. The average Bonchev–Trinajstić information content (AvgIpc) is 2.77. The molecule has 0 saturated heterocycles. The zero-order valence-corrected chi connectivity index (χ0v) is 11.8. The van der Waals surface area contributed by atoms with Crippen molar-refractivity contribution in [1.82, 2.24) is 0 Å². The van der Waals surface area contributed by atoms with Gasteiger partial charge in [0, 0.05) is 25.8 Å². The third-order valence-electron chi connectivity index (χ3n) is 2.63. The molecular formula is C13H13BrFNS. The van der Waals surface area contributed by atoms with E-state index in [1.165, 1.54) is 6.07 Å². The molecule has 1 unspecified atom stereocenters. The van der Waals surface area contributed by atoms with E-state index in [4.69, 9.17) is 5.73 Å². The summed E-state index contributed by atoms with van der Waals surface area (Å²) in [6.45, 7) is 2.05. The van der Waals surface area contributed by atoms with Crippen LogP contribution in [-0.2, 0) is 0 Å².